The molecule has 350 valence electrons. The first-order chi connectivity index (χ1) is 37.2. The minimum Gasteiger partial charge on any atom is -0.310 e. The Balaban J connectivity index is 1.10. The normalized spacial score (nSPS) is 12.0. The van der Waals surface area contributed by atoms with E-state index >= 15 is 0 Å². The summed E-state index contributed by atoms with van der Waals surface area (Å²) in [5.74, 6) is 0. The number of nitrogens with zero attached hydrogens (tertiary/aromatic N) is 2. The molecule has 0 N–H and O–H groups in total. The van der Waals surface area contributed by atoms with Gasteiger partial charge in [0.1, 0.15) is 0 Å². The number of benzene rings is 12. The molecule has 1 aromatic heterocycles. The Hall–Kier alpha value is -9.54. The molecule has 0 bridgehead atoms. The SMILES string of the molecule is c1ccc(-c2ccccc2N(c2ccc3c(c2)-c2ccccc2-c2ccccc2N3c2ccccc2)c2ccc3c4ccccc4c4ccccc4c4ccccc4c4c(ccc5sc6ccccc6c54)c3c2)cc1. The van der Waals surface area contributed by atoms with E-state index in [0.29, 0.717) is 0 Å². The van der Waals surface area contributed by atoms with Gasteiger partial charge in [-0.1, -0.05) is 212 Å². The summed E-state index contributed by atoms with van der Waals surface area (Å²) in [6.45, 7) is 0. The molecule has 14 aromatic rings. The molecule has 0 fully saturated rings. The first-order valence-electron chi connectivity index (χ1n) is 25.7. The van der Waals surface area contributed by atoms with E-state index in [0.717, 1.165) is 50.8 Å². The second kappa shape index (κ2) is 17.6. The van der Waals surface area contributed by atoms with Crippen molar-refractivity contribution in [3.63, 3.8) is 0 Å². The van der Waals surface area contributed by atoms with Gasteiger partial charge in [-0.2, -0.15) is 0 Å². The highest BCUT2D eigenvalue weighted by atomic mass is 32.1. The summed E-state index contributed by atoms with van der Waals surface area (Å²) >= 11 is 1.88. The van der Waals surface area contributed by atoms with Gasteiger partial charge in [-0.15, -0.1) is 11.3 Å². The lowest BCUT2D eigenvalue weighted by molar-refractivity contribution is 1.27. The highest BCUT2D eigenvalue weighted by Crippen LogP contribution is 2.53. The maximum absolute atomic E-state index is 2.50. The van der Waals surface area contributed by atoms with E-state index in [-0.39, 0.29) is 0 Å². The van der Waals surface area contributed by atoms with Gasteiger partial charge in [0, 0.05) is 53.9 Å². The van der Waals surface area contributed by atoms with Gasteiger partial charge in [0.05, 0.1) is 17.1 Å². The zero-order valence-electron chi connectivity index (χ0n) is 40.9. The van der Waals surface area contributed by atoms with Crippen LogP contribution in [0.5, 0.6) is 0 Å². The van der Waals surface area contributed by atoms with Gasteiger partial charge >= 0.3 is 0 Å². The fourth-order valence-corrected chi connectivity index (χ4v) is 13.3. The zero-order chi connectivity index (χ0) is 49.4. The second-order valence-electron chi connectivity index (χ2n) is 19.5. The fourth-order valence-electron chi connectivity index (χ4n) is 12.2. The Labute approximate surface area is 439 Å². The Kier molecular flexibility index (Phi) is 10.1. The van der Waals surface area contributed by atoms with Crippen molar-refractivity contribution in [1.82, 2.24) is 0 Å². The van der Waals surface area contributed by atoms with Crippen LogP contribution in [0, 0.1) is 0 Å². The summed E-state index contributed by atoms with van der Waals surface area (Å²) in [6.07, 6.45) is 0. The molecule has 0 spiro atoms. The lowest BCUT2D eigenvalue weighted by atomic mass is 9.92. The Morgan fingerprint density at radius 1 is 0.267 bits per heavy atom. The van der Waals surface area contributed by atoms with Crippen molar-refractivity contribution in [3.8, 4) is 33.4 Å². The van der Waals surface area contributed by atoms with Crippen LogP contribution in [0.2, 0.25) is 0 Å². The molecule has 2 heterocycles. The summed E-state index contributed by atoms with van der Waals surface area (Å²) in [6, 6.07) is 103. The van der Waals surface area contributed by atoms with Crippen LogP contribution in [0.1, 0.15) is 0 Å². The summed E-state index contributed by atoms with van der Waals surface area (Å²) in [7, 11) is 0. The zero-order valence-corrected chi connectivity index (χ0v) is 41.7. The molecule has 0 atom stereocenters. The predicted molar refractivity (Wildman–Crippen MR) is 324 cm³/mol. The third-order valence-electron chi connectivity index (χ3n) is 15.4. The topological polar surface area (TPSA) is 6.48 Å². The summed E-state index contributed by atoms with van der Waals surface area (Å²) in [5.41, 5.74) is 13.7. The van der Waals surface area contributed by atoms with E-state index in [4.69, 9.17) is 0 Å². The number of rotatable bonds is 5. The van der Waals surface area contributed by atoms with Gasteiger partial charge in [0.25, 0.3) is 0 Å². The first-order valence-corrected chi connectivity index (χ1v) is 26.6. The van der Waals surface area contributed by atoms with E-state index in [9.17, 15) is 0 Å². The van der Waals surface area contributed by atoms with Crippen LogP contribution in [0.4, 0.5) is 34.1 Å². The van der Waals surface area contributed by atoms with Crippen LogP contribution in [-0.2, 0) is 0 Å². The summed E-state index contributed by atoms with van der Waals surface area (Å²) < 4.78 is 2.57. The van der Waals surface area contributed by atoms with Crippen LogP contribution in [0.15, 0.2) is 279 Å². The van der Waals surface area contributed by atoms with E-state index in [1.807, 2.05) is 11.3 Å². The van der Waals surface area contributed by atoms with Gasteiger partial charge in [-0.25, -0.2) is 0 Å². The molecule has 0 saturated heterocycles. The molecule has 0 unspecified atom stereocenters. The van der Waals surface area contributed by atoms with Crippen molar-refractivity contribution in [2.45, 2.75) is 0 Å². The van der Waals surface area contributed by atoms with Crippen molar-refractivity contribution in [2.75, 3.05) is 9.80 Å². The molecule has 75 heavy (non-hydrogen) atoms. The summed E-state index contributed by atoms with van der Waals surface area (Å²) in [5, 5.41) is 14.7. The lowest BCUT2D eigenvalue weighted by Gasteiger charge is -2.31. The molecule has 3 heteroatoms. The van der Waals surface area contributed by atoms with Gasteiger partial charge in [0.2, 0.25) is 0 Å². The van der Waals surface area contributed by atoms with Crippen LogP contribution in [0.25, 0.3) is 107 Å². The average molecular weight is 971 g/mol. The molecule has 1 aliphatic heterocycles. The average Bonchev–Trinajstić information content (AvgIpc) is 3.81. The number of fused-ring (bicyclic) bond motifs is 19. The molecule has 15 rings (SSSR count). The van der Waals surface area contributed by atoms with Crippen LogP contribution >= 0.6 is 11.3 Å². The largest absolute Gasteiger partial charge is 0.310 e. The lowest BCUT2D eigenvalue weighted by Crippen LogP contribution is -2.13. The standard InChI is InChI=1S/C72H46N2S/c1-3-21-47(22-4-1)51-25-15-18-36-66(51)73(50-40-43-68-65(46-50)58-32-12-11-30-56(58)60-33-16-19-37-67(60)74(68)48-23-5-2-6-24-48)49-39-41-59-55-29-10-8-27-53(55)52-26-7-9-28-54(52)57-31-13-14-34-61(57)71-62(64(59)45-49)42-44-70-72(71)63-35-17-20-38-69(63)75-70/h1-46H. The summed E-state index contributed by atoms with van der Waals surface area (Å²) in [4.78, 5) is 4.94. The molecule has 0 amide bonds. The number of hydrogen-bond acceptors (Lipinski definition) is 3. The number of thiophene rings is 1. The Morgan fingerprint density at radius 3 is 1.44 bits per heavy atom. The molecule has 2 nitrogen and oxygen atoms in total. The van der Waals surface area contributed by atoms with Crippen LogP contribution in [0.3, 0.4) is 0 Å². The van der Waals surface area contributed by atoms with E-state index < -0.39 is 0 Å². The van der Waals surface area contributed by atoms with E-state index in [2.05, 4.69) is 289 Å². The van der Waals surface area contributed by atoms with Crippen molar-refractivity contribution in [1.29, 1.82) is 0 Å². The molecule has 0 saturated carbocycles. The fraction of sp³-hybridized carbons (Fsp3) is 0. The smallest absolute Gasteiger partial charge is 0.0542 e. The molecular formula is C72H46N2S. The highest BCUT2D eigenvalue weighted by molar-refractivity contribution is 7.26. The number of para-hydroxylation sites is 3. The third-order valence-corrected chi connectivity index (χ3v) is 16.5. The Bertz CT molecular complexity index is 4670. The quantitative estimate of drug-likeness (QED) is 0.170. The second-order valence-corrected chi connectivity index (χ2v) is 20.6. The van der Waals surface area contributed by atoms with Crippen LogP contribution < -0.4 is 9.80 Å². The number of hydrogen-bond donors (Lipinski definition) is 0. The van der Waals surface area contributed by atoms with Crippen molar-refractivity contribution < 1.29 is 0 Å². The van der Waals surface area contributed by atoms with Crippen molar-refractivity contribution in [2.24, 2.45) is 0 Å². The van der Waals surface area contributed by atoms with Gasteiger partial charge < -0.3 is 9.80 Å². The van der Waals surface area contributed by atoms with E-state index in [1.165, 1.54) is 90.7 Å². The predicted octanol–water partition coefficient (Wildman–Crippen LogP) is 21.2. The molecule has 0 radical (unpaired) electrons. The number of anilines is 6. The molecular weight excluding hydrogens is 925 g/mol. The monoisotopic (exact) mass is 970 g/mol. The maximum Gasteiger partial charge on any atom is 0.0542 e. The minimum atomic E-state index is 1.06. The van der Waals surface area contributed by atoms with Gasteiger partial charge in [-0.05, 0) is 137 Å². The first kappa shape index (κ1) is 43.1. The minimum absolute atomic E-state index is 1.06. The molecule has 1 aliphatic rings. The van der Waals surface area contributed by atoms with Crippen LogP contribution in [-0.4, -0.2) is 0 Å². The molecule has 13 aromatic carbocycles. The van der Waals surface area contributed by atoms with Gasteiger partial charge in [0.15, 0.2) is 0 Å². The van der Waals surface area contributed by atoms with Crippen molar-refractivity contribution >= 4 is 119 Å². The highest BCUT2D eigenvalue weighted by Gasteiger charge is 2.28. The maximum atomic E-state index is 2.50. The Morgan fingerprint density at radius 2 is 0.733 bits per heavy atom. The third kappa shape index (κ3) is 6.93. The van der Waals surface area contributed by atoms with E-state index in [1.54, 1.807) is 0 Å². The van der Waals surface area contributed by atoms with Crippen molar-refractivity contribution in [3.05, 3.63) is 279 Å². The molecule has 0 aliphatic carbocycles. The van der Waals surface area contributed by atoms with Gasteiger partial charge in [-0.3, -0.25) is 0 Å².